The van der Waals surface area contributed by atoms with Crippen molar-refractivity contribution in [2.24, 2.45) is 0 Å². The number of rotatable bonds is 0. The number of hydrogen-bond acceptors (Lipinski definition) is 4. The largest absolute Gasteiger partial charge is 1.00 e. The third-order valence-corrected chi connectivity index (χ3v) is 0. The molecule has 0 atom stereocenters. The van der Waals surface area contributed by atoms with Gasteiger partial charge in [-0.3, -0.25) is 0 Å². The summed E-state index contributed by atoms with van der Waals surface area (Å²) >= 11 is -5.50. The first-order chi connectivity index (χ1) is 2.00. The Morgan fingerprint density at radius 2 is 1.43 bits per heavy atom. The second-order valence-corrected chi connectivity index (χ2v) is 2.22. The zero-order chi connectivity index (χ0) is 4.50. The van der Waals surface area contributed by atoms with Gasteiger partial charge in [-0.15, -0.1) is 0 Å². The first-order valence-corrected chi connectivity index (χ1v) is 3.55. The Kier molecular flexibility index (Phi) is 11.5. The van der Waals surface area contributed by atoms with Gasteiger partial charge >= 0.3 is 59.0 Å². The van der Waals surface area contributed by atoms with Gasteiger partial charge in [0.05, 0.1) is 0 Å². The summed E-state index contributed by atoms with van der Waals surface area (Å²) < 4.78 is 33.1. The van der Waals surface area contributed by atoms with Crippen molar-refractivity contribution in [2.45, 2.75) is 0 Å². The third kappa shape index (κ3) is 175. The molecule has 0 saturated carbocycles. The van der Waals surface area contributed by atoms with Crippen molar-refractivity contribution in [3.63, 3.8) is 0 Å². The van der Waals surface area contributed by atoms with Crippen molar-refractivity contribution < 1.29 is 45.6 Å². The molecule has 0 heterocycles. The van der Waals surface area contributed by atoms with Crippen LogP contribution in [0.3, 0.4) is 0 Å². The normalized spacial score (nSPS) is 8.29. The van der Waals surface area contributed by atoms with Gasteiger partial charge in [0.1, 0.15) is 0 Å². The van der Waals surface area contributed by atoms with Crippen molar-refractivity contribution in [1.82, 2.24) is 6.15 Å². The summed E-state index contributed by atoms with van der Waals surface area (Å²) in [5.74, 6) is 0. The van der Waals surface area contributed by atoms with Gasteiger partial charge in [0.25, 0.3) is 0 Å². The summed E-state index contributed by atoms with van der Waals surface area (Å²) in [6.45, 7) is 0. The molecule has 4 N–H and O–H groups in total. The maximum atomic E-state index is 8.70. The van der Waals surface area contributed by atoms with Crippen LogP contribution in [0.25, 0.3) is 0 Å². The van der Waals surface area contributed by atoms with Crippen LogP contribution >= 0.6 is 0 Å². The van der Waals surface area contributed by atoms with Gasteiger partial charge in [-0.05, 0) is 0 Å². The Balaban J connectivity index is -0.0000000800. The maximum absolute atomic E-state index is 8.70. The quantitative estimate of drug-likeness (QED) is 0.365. The molecule has 7 heavy (non-hydrogen) atoms. The van der Waals surface area contributed by atoms with Crippen LogP contribution < -0.4 is 39.9 Å². The van der Waals surface area contributed by atoms with Crippen molar-refractivity contribution in [1.29, 1.82) is 0 Å². The fraction of sp³-hybridized carbons (Fsp3) is 0. The Morgan fingerprint density at radius 1 is 1.43 bits per heavy atom. The number of hydrogen-bond donors (Lipinski definition) is 2. The Bertz CT molecular complexity index is 94.9. The maximum Gasteiger partial charge on any atom is 1.00 e. The van der Waals surface area contributed by atoms with E-state index in [1.807, 2.05) is 0 Å². The second-order valence-electron chi connectivity index (χ2n) is 0.428. The summed E-state index contributed by atoms with van der Waals surface area (Å²) in [5, 5.41) is 0. The molecule has 0 rings (SSSR count). The van der Waals surface area contributed by atoms with Crippen LogP contribution in [0.5, 0.6) is 0 Å². The minimum atomic E-state index is -5.50. The van der Waals surface area contributed by atoms with E-state index in [1.165, 1.54) is 0 Å². The molecule has 0 aromatic carbocycles. The Morgan fingerprint density at radius 3 is 1.43 bits per heavy atom. The summed E-state index contributed by atoms with van der Waals surface area (Å²) in [5.41, 5.74) is 0. The molecule has 0 spiro atoms. The summed E-state index contributed by atoms with van der Waals surface area (Å²) in [6.07, 6.45) is 0. The zero-order valence-corrected chi connectivity index (χ0v) is 7.50. The molecular formula is H4NNaO4Se. The van der Waals surface area contributed by atoms with Crippen molar-refractivity contribution in [3.05, 3.63) is 0 Å². The third-order valence-electron chi connectivity index (χ3n) is 0. The van der Waals surface area contributed by atoms with E-state index in [4.69, 9.17) is 16.0 Å². The van der Waals surface area contributed by atoms with Gasteiger partial charge in [0.2, 0.25) is 0 Å². The minimum Gasteiger partial charge on any atom is 1.00 e. The van der Waals surface area contributed by atoms with E-state index in [0.29, 0.717) is 0 Å². The second kappa shape index (κ2) is 5.14. The van der Waals surface area contributed by atoms with Gasteiger partial charge in [-0.1, -0.05) is 0 Å². The van der Waals surface area contributed by atoms with E-state index in [9.17, 15) is 0 Å². The molecule has 0 unspecified atom stereocenters. The van der Waals surface area contributed by atoms with Gasteiger partial charge in [0, 0.05) is 0 Å². The van der Waals surface area contributed by atoms with Crippen LogP contribution in [0.2, 0.25) is 0 Å². The minimum absolute atomic E-state index is 0. The molecule has 0 bridgehead atoms. The van der Waals surface area contributed by atoms with E-state index in [2.05, 4.69) is 0 Å². The van der Waals surface area contributed by atoms with Crippen LogP contribution in [0.4, 0.5) is 0 Å². The Hall–Kier alpha value is 0.999. The predicted octanol–water partition coefficient (Wildman–Crippen LogP) is -5.20. The van der Waals surface area contributed by atoms with Gasteiger partial charge in [-0.2, -0.15) is 0 Å². The first kappa shape index (κ1) is 15.7. The summed E-state index contributed by atoms with van der Waals surface area (Å²) in [6, 6.07) is 0. The molecule has 0 saturated heterocycles. The van der Waals surface area contributed by atoms with E-state index < -0.39 is 13.4 Å². The molecular weight excluding hydrogens is 180 g/mol. The molecule has 0 aromatic rings. The van der Waals surface area contributed by atoms with Crippen LogP contribution in [0.1, 0.15) is 0 Å². The first-order valence-electron chi connectivity index (χ1n) is 0.683. The topological polar surface area (TPSA) is 112 Å². The van der Waals surface area contributed by atoms with Crippen LogP contribution in [-0.2, 0) is 7.67 Å². The van der Waals surface area contributed by atoms with Gasteiger partial charge in [0.15, 0.2) is 0 Å². The van der Waals surface area contributed by atoms with E-state index >= 15 is 0 Å². The van der Waals surface area contributed by atoms with Crippen LogP contribution in [0.15, 0.2) is 0 Å². The summed E-state index contributed by atoms with van der Waals surface area (Å²) in [4.78, 5) is 0. The molecule has 0 fully saturated rings. The van der Waals surface area contributed by atoms with Crippen molar-refractivity contribution in [3.8, 4) is 0 Å². The average Bonchev–Trinajstić information content (AvgIpc) is 0.722. The molecule has 0 amide bonds. The van der Waals surface area contributed by atoms with Crippen LogP contribution in [0, 0.1) is 0 Å². The van der Waals surface area contributed by atoms with E-state index in [-0.39, 0.29) is 35.7 Å². The van der Waals surface area contributed by atoms with Gasteiger partial charge < -0.3 is 6.15 Å². The molecule has 0 radical (unpaired) electrons. The SMILES string of the molecule is N.O=[Se](=O)([O-])O.[Na+]. The summed E-state index contributed by atoms with van der Waals surface area (Å²) in [7, 11) is 0. The zero-order valence-electron chi connectivity index (χ0n) is 3.79. The molecule has 40 valence electrons. The molecule has 0 aliphatic heterocycles. The molecule has 5 nitrogen and oxygen atoms in total. The van der Waals surface area contributed by atoms with Crippen molar-refractivity contribution in [2.75, 3.05) is 0 Å². The molecule has 7 heteroatoms. The van der Waals surface area contributed by atoms with Gasteiger partial charge in [-0.25, -0.2) is 0 Å². The molecule has 0 aliphatic carbocycles. The monoisotopic (exact) mass is 185 g/mol. The van der Waals surface area contributed by atoms with Crippen molar-refractivity contribution >= 4 is 13.4 Å². The average molecular weight is 184 g/mol. The predicted molar refractivity (Wildman–Crippen MR) is 14.4 cm³/mol. The van der Waals surface area contributed by atoms with E-state index in [1.54, 1.807) is 0 Å². The molecule has 0 aromatic heterocycles. The smallest absolute Gasteiger partial charge is 1.00 e. The fourth-order valence-electron chi connectivity index (χ4n) is 0. The van der Waals surface area contributed by atoms with Crippen LogP contribution in [-0.4, -0.2) is 17.6 Å². The molecule has 0 aliphatic rings. The standard InChI is InChI=1S/H3N.Na.H2O4Se/c;;1-5(2,3)4/h1H3;;(H2,1,2,3,4)/q;+1;/p-1. The van der Waals surface area contributed by atoms with E-state index in [0.717, 1.165) is 0 Å². The fourth-order valence-corrected chi connectivity index (χ4v) is 0. The Labute approximate surface area is 64.9 Å².